The van der Waals surface area contributed by atoms with Crippen LogP contribution < -0.4 is 21.7 Å². The van der Waals surface area contributed by atoms with Crippen molar-refractivity contribution in [3.63, 3.8) is 0 Å². The molecule has 0 saturated carbocycles. The average molecular weight is 765 g/mol. The Morgan fingerprint density at radius 3 is 1.53 bits per heavy atom. The number of ether oxygens (including phenoxy) is 6. The van der Waals surface area contributed by atoms with Crippen molar-refractivity contribution in [3.05, 3.63) is 34.9 Å². The van der Waals surface area contributed by atoms with Crippen LogP contribution in [-0.4, -0.2) is 150 Å². The molecule has 53 heavy (non-hydrogen) atoms. The minimum atomic E-state index is -1.33. The molecule has 0 saturated heterocycles. The van der Waals surface area contributed by atoms with Gasteiger partial charge in [0.2, 0.25) is 11.8 Å². The van der Waals surface area contributed by atoms with Crippen LogP contribution in [0.3, 0.4) is 0 Å². The molecule has 0 aliphatic rings. The molecule has 1 unspecified atom stereocenters. The van der Waals surface area contributed by atoms with Gasteiger partial charge in [-0.25, -0.2) is 4.79 Å². The summed E-state index contributed by atoms with van der Waals surface area (Å²) in [6.45, 7) is 4.53. The van der Waals surface area contributed by atoms with Crippen LogP contribution in [0.1, 0.15) is 44.4 Å². The summed E-state index contributed by atoms with van der Waals surface area (Å²) in [7, 11) is 0. The number of nitrogens with two attached hydrogens (primary N) is 1. The average Bonchev–Trinajstić information content (AvgIpc) is 3.13. The number of carboxylic acid groups (broad SMARTS) is 1. The van der Waals surface area contributed by atoms with Crippen LogP contribution in [0.2, 0.25) is 0 Å². The van der Waals surface area contributed by atoms with Crippen molar-refractivity contribution in [2.24, 2.45) is 5.73 Å². The largest absolute Gasteiger partial charge is 0.480 e. The molecule has 18 heteroatoms. The van der Waals surface area contributed by atoms with Crippen LogP contribution in [0.25, 0.3) is 0 Å². The number of hydrogen-bond acceptors (Lipinski definition) is 13. The van der Waals surface area contributed by atoms with E-state index in [1.165, 1.54) is 18.2 Å². The predicted molar refractivity (Wildman–Crippen MR) is 193 cm³/mol. The molecule has 0 bridgehead atoms. The third-order valence-electron chi connectivity index (χ3n) is 6.53. The molecule has 0 heterocycles. The van der Waals surface area contributed by atoms with E-state index in [-0.39, 0.29) is 75.2 Å². The van der Waals surface area contributed by atoms with E-state index in [1.807, 2.05) is 0 Å². The molecule has 1 aromatic carbocycles. The van der Waals surface area contributed by atoms with Gasteiger partial charge in [-0.15, -0.1) is 24.6 Å². The van der Waals surface area contributed by atoms with Crippen molar-refractivity contribution < 1.29 is 62.3 Å². The van der Waals surface area contributed by atoms with Crippen molar-refractivity contribution in [1.29, 1.82) is 0 Å². The van der Waals surface area contributed by atoms with Crippen molar-refractivity contribution in [1.82, 2.24) is 16.0 Å². The van der Waals surface area contributed by atoms with Gasteiger partial charge in [-0.3, -0.25) is 24.0 Å². The van der Waals surface area contributed by atoms with Crippen LogP contribution in [-0.2, 0) is 42.8 Å². The smallest absolute Gasteiger partial charge is 0.327 e. The number of ketones is 1. The van der Waals surface area contributed by atoms with Crippen LogP contribution >= 0.6 is 11.8 Å². The molecule has 2 atom stereocenters. The van der Waals surface area contributed by atoms with Crippen molar-refractivity contribution >= 4 is 47.1 Å². The van der Waals surface area contributed by atoms with Gasteiger partial charge in [-0.1, -0.05) is 11.8 Å². The van der Waals surface area contributed by atoms with Crippen molar-refractivity contribution in [3.8, 4) is 24.7 Å². The Bertz CT molecular complexity index is 1350. The zero-order valence-corrected chi connectivity index (χ0v) is 30.5. The predicted octanol–water partition coefficient (Wildman–Crippen LogP) is -0.739. The molecule has 6 N–H and O–H groups in total. The van der Waals surface area contributed by atoms with Gasteiger partial charge in [0.15, 0.2) is 5.78 Å². The molecule has 4 amide bonds. The van der Waals surface area contributed by atoms with Gasteiger partial charge in [-0.2, -0.15) is 0 Å². The fourth-order valence-corrected chi connectivity index (χ4v) is 5.11. The van der Waals surface area contributed by atoms with E-state index < -0.39 is 53.1 Å². The summed E-state index contributed by atoms with van der Waals surface area (Å²) in [5.41, 5.74) is 5.41. The van der Waals surface area contributed by atoms with E-state index in [1.54, 1.807) is 0 Å². The number of carbonyl (C=O) groups is 6. The van der Waals surface area contributed by atoms with Gasteiger partial charge < -0.3 is 55.2 Å². The highest BCUT2D eigenvalue weighted by Gasteiger charge is 2.26. The number of nitrogens with one attached hydrogen (secondary N) is 3. The summed E-state index contributed by atoms with van der Waals surface area (Å²) in [6, 6.07) is 2.52. The maximum Gasteiger partial charge on any atom is 0.327 e. The highest BCUT2D eigenvalue weighted by Crippen LogP contribution is 2.21. The maximum absolute atomic E-state index is 13.4. The van der Waals surface area contributed by atoms with Gasteiger partial charge in [0.1, 0.15) is 19.3 Å². The van der Waals surface area contributed by atoms with Crippen LogP contribution in [0.4, 0.5) is 0 Å². The number of thioether (sulfide) groups is 1. The molecule has 0 spiro atoms. The molecule has 0 aliphatic carbocycles. The second kappa shape index (κ2) is 29.0. The van der Waals surface area contributed by atoms with Crippen LogP contribution in [0, 0.1) is 24.7 Å². The summed E-state index contributed by atoms with van der Waals surface area (Å²) >= 11 is 0.780. The van der Waals surface area contributed by atoms with E-state index in [9.17, 15) is 33.9 Å². The Labute approximate surface area is 313 Å². The monoisotopic (exact) mass is 764 g/mol. The number of primary amides is 1. The number of benzene rings is 1. The van der Waals surface area contributed by atoms with Crippen LogP contribution in [0.5, 0.6) is 0 Å². The summed E-state index contributed by atoms with van der Waals surface area (Å²) < 4.78 is 31.8. The number of Topliss-reactive ketones (excluding diaryl/α,β-unsaturated/α-hetero) is 1. The minimum absolute atomic E-state index is 0.0178. The fourth-order valence-electron chi connectivity index (χ4n) is 4.03. The highest BCUT2D eigenvalue weighted by atomic mass is 32.2. The molecular weight excluding hydrogens is 716 g/mol. The topological polar surface area (TPSA) is 240 Å². The first-order valence-corrected chi connectivity index (χ1v) is 17.5. The standard InChI is InChI=1S/C35H48N4O13S/c1-4-8-47-12-16-51-18-14-49-10-6-37-33(43)27-20-26(30(41)23-31(32(36)42)53-24-29(35(45)46)39-25(3)40)21-28(22-27)34(44)38-7-11-50-15-19-52-17-13-48-9-5-2/h1-2,20-22,29,31H,6-19,23-24H2,3H3,(H2,36,42)(H,37,43)(H,38,44)(H,39,40)(H,45,46)/t29-,31?/m0/s1. The van der Waals surface area contributed by atoms with E-state index in [2.05, 4.69) is 27.8 Å². The van der Waals surface area contributed by atoms with Crippen molar-refractivity contribution in [2.75, 3.05) is 98.1 Å². The third-order valence-corrected chi connectivity index (χ3v) is 7.86. The Morgan fingerprint density at radius 2 is 1.13 bits per heavy atom. The lowest BCUT2D eigenvalue weighted by molar-refractivity contribution is -0.140. The normalized spacial score (nSPS) is 11.8. The maximum atomic E-state index is 13.4. The molecule has 1 aromatic rings. The first-order valence-electron chi connectivity index (χ1n) is 16.5. The molecular formula is C35H48N4O13S. The second-order valence-electron chi connectivity index (χ2n) is 10.7. The van der Waals surface area contributed by atoms with E-state index in [0.717, 1.165) is 18.7 Å². The number of carbonyl (C=O) groups excluding carboxylic acids is 5. The van der Waals surface area contributed by atoms with Gasteiger partial charge in [0.25, 0.3) is 11.8 Å². The lowest BCUT2D eigenvalue weighted by atomic mass is 9.99. The summed E-state index contributed by atoms with van der Waals surface area (Å²) in [5.74, 6) is -0.232. The molecule has 0 aromatic heterocycles. The number of aliphatic carboxylic acids is 1. The van der Waals surface area contributed by atoms with Gasteiger partial charge in [-0.05, 0) is 18.2 Å². The van der Waals surface area contributed by atoms with Gasteiger partial charge >= 0.3 is 5.97 Å². The second-order valence-corrected chi connectivity index (χ2v) is 12.0. The summed E-state index contributed by atoms with van der Waals surface area (Å²) in [6.07, 6.45) is 9.72. The molecule has 0 fully saturated rings. The van der Waals surface area contributed by atoms with Crippen LogP contribution in [0.15, 0.2) is 18.2 Å². The van der Waals surface area contributed by atoms with Gasteiger partial charge in [0.05, 0.1) is 71.3 Å². The van der Waals surface area contributed by atoms with Crippen molar-refractivity contribution in [2.45, 2.75) is 24.6 Å². The van der Waals surface area contributed by atoms with Gasteiger partial charge in [0, 0.05) is 48.9 Å². The molecule has 1 rings (SSSR count). The van der Waals surface area contributed by atoms with E-state index in [4.69, 9.17) is 47.0 Å². The Kier molecular flexibility index (Phi) is 25.4. The zero-order chi connectivity index (χ0) is 39.3. The number of rotatable bonds is 31. The Balaban J connectivity index is 2.89. The molecule has 292 valence electrons. The Hall–Kier alpha value is -4.53. The summed E-state index contributed by atoms with van der Waals surface area (Å²) in [4.78, 5) is 74.7. The molecule has 0 aliphatic heterocycles. The number of terminal acetylenes is 2. The lowest BCUT2D eigenvalue weighted by Gasteiger charge is -2.17. The number of carboxylic acids is 1. The molecule has 0 radical (unpaired) electrons. The Morgan fingerprint density at radius 1 is 0.717 bits per heavy atom. The number of amides is 4. The molecule has 17 nitrogen and oxygen atoms in total. The highest BCUT2D eigenvalue weighted by molar-refractivity contribution is 8.00. The summed E-state index contributed by atoms with van der Waals surface area (Å²) in [5, 5.41) is 15.8. The fraction of sp³-hybridized carbons (Fsp3) is 0.543. The first-order chi connectivity index (χ1) is 25.5. The minimum Gasteiger partial charge on any atom is -0.480 e. The van der Waals surface area contributed by atoms with E-state index in [0.29, 0.717) is 39.6 Å². The zero-order valence-electron chi connectivity index (χ0n) is 29.7. The quantitative estimate of drug-likeness (QED) is 0.0356. The SMILES string of the molecule is C#CCOCCOCCOCCNC(=O)c1cc(C(=O)CC(SC[C@H](NC(C)=O)C(=O)O)C(N)=O)cc(C(=O)NCCOCCOCCOCC#C)c1. The van der Waals surface area contributed by atoms with E-state index >= 15 is 0 Å². The lowest BCUT2D eigenvalue weighted by Crippen LogP contribution is -2.42. The first kappa shape index (κ1) is 46.5. The number of hydrogen-bond donors (Lipinski definition) is 5. The third kappa shape index (κ3) is 22.2.